The van der Waals surface area contributed by atoms with Crippen molar-refractivity contribution in [2.75, 3.05) is 13.1 Å². The Morgan fingerprint density at radius 2 is 1.76 bits per heavy atom. The fourth-order valence-corrected chi connectivity index (χ4v) is 2.81. The molecule has 2 N–H and O–H groups in total. The Labute approximate surface area is 105 Å². The molecule has 0 aromatic carbocycles. The molecule has 1 aliphatic rings. The van der Waals surface area contributed by atoms with E-state index in [2.05, 4.69) is 24.8 Å². The summed E-state index contributed by atoms with van der Waals surface area (Å²) in [7, 11) is 0. The van der Waals surface area contributed by atoms with Gasteiger partial charge in [0.25, 0.3) is 0 Å². The quantitative estimate of drug-likeness (QED) is 0.747. The molecule has 1 amide bonds. The van der Waals surface area contributed by atoms with Gasteiger partial charge in [0.05, 0.1) is 0 Å². The van der Waals surface area contributed by atoms with Crippen molar-refractivity contribution in [2.45, 2.75) is 52.5 Å². The number of carbonyl (C=O) groups is 1. The van der Waals surface area contributed by atoms with Gasteiger partial charge in [-0.2, -0.15) is 0 Å². The highest BCUT2D eigenvalue weighted by atomic mass is 16.1. The first kappa shape index (κ1) is 14.2. The highest BCUT2D eigenvalue weighted by Gasteiger charge is 2.23. The second kappa shape index (κ2) is 6.80. The average molecular weight is 238 g/mol. The molecule has 1 saturated carbocycles. The van der Waals surface area contributed by atoms with Crippen molar-refractivity contribution < 1.29 is 4.79 Å². The lowest BCUT2D eigenvalue weighted by atomic mass is 9.84. The highest BCUT2D eigenvalue weighted by Crippen LogP contribution is 2.29. The molecule has 0 aromatic heterocycles. The molecule has 3 nitrogen and oxygen atoms in total. The van der Waals surface area contributed by atoms with Crippen LogP contribution < -0.4 is 5.73 Å². The molecule has 0 bridgehead atoms. The van der Waals surface area contributed by atoms with Crippen LogP contribution in [0.25, 0.3) is 0 Å². The average Bonchev–Trinajstić information content (AvgIpc) is 2.32. The summed E-state index contributed by atoms with van der Waals surface area (Å²) in [6.07, 6.45) is 6.93. The van der Waals surface area contributed by atoms with E-state index in [4.69, 9.17) is 5.73 Å². The number of hydrogen-bond donors (Lipinski definition) is 1. The molecule has 0 spiro atoms. The lowest BCUT2D eigenvalue weighted by Gasteiger charge is -2.35. The lowest BCUT2D eigenvalue weighted by molar-refractivity contribution is -0.114. The van der Waals surface area contributed by atoms with Gasteiger partial charge in [-0.3, -0.25) is 4.79 Å². The first-order valence-electron chi connectivity index (χ1n) is 6.80. The lowest BCUT2D eigenvalue weighted by Crippen LogP contribution is -2.37. The molecule has 1 aliphatic carbocycles. The van der Waals surface area contributed by atoms with Gasteiger partial charge in [-0.25, -0.2) is 0 Å². The maximum atomic E-state index is 11.0. The Bertz CT molecular complexity index is 274. The second-order valence-corrected chi connectivity index (χ2v) is 5.00. The smallest absolute Gasteiger partial charge is 0.244 e. The highest BCUT2D eigenvalue weighted by molar-refractivity contribution is 5.91. The number of rotatable bonds is 5. The van der Waals surface area contributed by atoms with E-state index in [1.165, 1.54) is 25.7 Å². The number of hydrogen-bond acceptors (Lipinski definition) is 2. The van der Waals surface area contributed by atoms with Crippen LogP contribution >= 0.6 is 0 Å². The Morgan fingerprint density at radius 1 is 1.24 bits per heavy atom. The molecule has 0 radical (unpaired) electrons. The van der Waals surface area contributed by atoms with Crippen molar-refractivity contribution >= 4 is 5.91 Å². The number of allylic oxidation sites excluding steroid dienone is 1. The Kier molecular flexibility index (Phi) is 5.69. The summed E-state index contributed by atoms with van der Waals surface area (Å²) in [4.78, 5) is 13.5. The van der Waals surface area contributed by atoms with Crippen LogP contribution in [0.5, 0.6) is 0 Å². The van der Waals surface area contributed by atoms with E-state index in [1.807, 2.05) is 6.92 Å². The van der Waals surface area contributed by atoms with Crippen LogP contribution in [0.4, 0.5) is 0 Å². The molecule has 0 saturated heterocycles. The fourth-order valence-electron chi connectivity index (χ4n) is 2.81. The number of nitrogens with two attached hydrogens (primary N) is 1. The molecule has 1 rings (SSSR count). The summed E-state index contributed by atoms with van der Waals surface area (Å²) in [5.74, 6) is 0.269. The summed E-state index contributed by atoms with van der Waals surface area (Å²) in [5, 5.41) is 0. The van der Waals surface area contributed by atoms with Gasteiger partial charge in [0.15, 0.2) is 0 Å². The number of primary amides is 1. The van der Waals surface area contributed by atoms with E-state index >= 15 is 0 Å². The predicted molar refractivity (Wildman–Crippen MR) is 71.6 cm³/mol. The van der Waals surface area contributed by atoms with Crippen molar-refractivity contribution in [3.8, 4) is 0 Å². The molecule has 98 valence electrons. The molecular weight excluding hydrogens is 212 g/mol. The molecule has 1 fully saturated rings. The minimum Gasteiger partial charge on any atom is -0.366 e. The second-order valence-electron chi connectivity index (χ2n) is 5.00. The van der Waals surface area contributed by atoms with Gasteiger partial charge in [-0.1, -0.05) is 19.9 Å². The van der Waals surface area contributed by atoms with Crippen molar-refractivity contribution in [3.05, 3.63) is 11.6 Å². The minimum absolute atomic E-state index is 0.282. The molecule has 3 heteroatoms. The molecular formula is C14H26N2O. The summed E-state index contributed by atoms with van der Waals surface area (Å²) in [5.41, 5.74) is 5.98. The van der Waals surface area contributed by atoms with Crippen LogP contribution in [-0.4, -0.2) is 29.9 Å². The van der Waals surface area contributed by atoms with Gasteiger partial charge in [-0.15, -0.1) is 0 Å². The van der Waals surface area contributed by atoms with Gasteiger partial charge in [0, 0.05) is 11.6 Å². The molecule has 0 unspecified atom stereocenters. The van der Waals surface area contributed by atoms with Crippen molar-refractivity contribution in [1.82, 2.24) is 4.90 Å². The van der Waals surface area contributed by atoms with Crippen molar-refractivity contribution in [3.63, 3.8) is 0 Å². The van der Waals surface area contributed by atoms with Crippen LogP contribution in [0.1, 0.15) is 46.5 Å². The van der Waals surface area contributed by atoms with Gasteiger partial charge >= 0.3 is 0 Å². The molecule has 0 atom stereocenters. The Morgan fingerprint density at radius 3 is 2.18 bits per heavy atom. The summed E-state index contributed by atoms with van der Waals surface area (Å²) in [6.45, 7) is 8.56. The first-order valence-corrected chi connectivity index (χ1v) is 6.80. The van der Waals surface area contributed by atoms with Gasteiger partial charge in [-0.05, 0) is 51.6 Å². The van der Waals surface area contributed by atoms with E-state index < -0.39 is 0 Å². The fraction of sp³-hybridized carbons (Fsp3) is 0.786. The third-order valence-corrected chi connectivity index (χ3v) is 3.94. The van der Waals surface area contributed by atoms with E-state index in [0.717, 1.165) is 24.7 Å². The zero-order valence-corrected chi connectivity index (χ0v) is 11.4. The molecule has 17 heavy (non-hydrogen) atoms. The molecule has 0 aromatic rings. The van der Waals surface area contributed by atoms with Crippen molar-refractivity contribution in [1.29, 1.82) is 0 Å². The monoisotopic (exact) mass is 238 g/mol. The minimum atomic E-state index is -0.282. The summed E-state index contributed by atoms with van der Waals surface area (Å²) < 4.78 is 0. The standard InChI is InChI=1S/C14H26N2O/c1-4-16(5-2)13-8-6-12(7-9-13)10-11(3)14(15)17/h10,12-13H,4-9H2,1-3H3,(H2,15,17)/b11-10+. The number of nitrogens with zero attached hydrogens (tertiary/aromatic N) is 1. The Balaban J connectivity index is 2.45. The first-order chi connectivity index (χ1) is 8.08. The zero-order chi connectivity index (χ0) is 12.8. The van der Waals surface area contributed by atoms with E-state index in [1.54, 1.807) is 0 Å². The van der Waals surface area contributed by atoms with Gasteiger partial charge in [0.2, 0.25) is 5.91 Å². The van der Waals surface area contributed by atoms with E-state index in [9.17, 15) is 4.79 Å². The largest absolute Gasteiger partial charge is 0.366 e. The van der Waals surface area contributed by atoms with Crippen LogP contribution in [0.3, 0.4) is 0 Å². The Hall–Kier alpha value is -0.830. The molecule has 0 aliphatic heterocycles. The van der Waals surface area contributed by atoms with Crippen LogP contribution in [-0.2, 0) is 4.79 Å². The molecule has 0 heterocycles. The number of carbonyl (C=O) groups excluding carboxylic acids is 1. The summed E-state index contributed by atoms with van der Waals surface area (Å²) >= 11 is 0. The van der Waals surface area contributed by atoms with E-state index in [-0.39, 0.29) is 5.91 Å². The van der Waals surface area contributed by atoms with Gasteiger partial charge < -0.3 is 10.6 Å². The number of amides is 1. The zero-order valence-electron chi connectivity index (χ0n) is 11.4. The van der Waals surface area contributed by atoms with E-state index in [0.29, 0.717) is 5.92 Å². The van der Waals surface area contributed by atoms with Crippen molar-refractivity contribution in [2.24, 2.45) is 11.7 Å². The third kappa shape index (κ3) is 4.15. The van der Waals surface area contributed by atoms with Crippen LogP contribution in [0.2, 0.25) is 0 Å². The topological polar surface area (TPSA) is 46.3 Å². The normalized spacial score (nSPS) is 26.2. The SMILES string of the molecule is CCN(CC)C1CCC(/C=C(\C)C(N)=O)CC1. The van der Waals surface area contributed by atoms with Crippen LogP contribution in [0.15, 0.2) is 11.6 Å². The predicted octanol–water partition coefficient (Wildman–Crippen LogP) is 2.32. The summed E-state index contributed by atoms with van der Waals surface area (Å²) in [6, 6.07) is 0.739. The van der Waals surface area contributed by atoms with Crippen LogP contribution in [0, 0.1) is 5.92 Å². The van der Waals surface area contributed by atoms with Gasteiger partial charge in [0.1, 0.15) is 0 Å². The maximum absolute atomic E-state index is 11.0. The third-order valence-electron chi connectivity index (χ3n) is 3.94. The maximum Gasteiger partial charge on any atom is 0.244 e.